The minimum absolute atomic E-state index is 0.521. The third-order valence-electron chi connectivity index (χ3n) is 5.36. The molecule has 0 N–H and O–H groups in total. The molecule has 2 aliphatic rings. The van der Waals surface area contributed by atoms with Crippen LogP contribution in [0.1, 0.15) is 55.5 Å². The largest absolute Gasteiger partial charge is 0.424 e. The number of hydrogen-bond donors (Lipinski definition) is 0. The van der Waals surface area contributed by atoms with Crippen molar-refractivity contribution in [2.45, 2.75) is 64.7 Å². The van der Waals surface area contributed by atoms with Crippen molar-refractivity contribution in [1.82, 2.24) is 34.8 Å². The topological polar surface area (TPSA) is 76.1 Å². The van der Waals surface area contributed by atoms with Crippen molar-refractivity contribution in [1.29, 1.82) is 0 Å². The first kappa shape index (κ1) is 16.7. The highest BCUT2D eigenvalue weighted by Crippen LogP contribution is 2.39. The van der Waals surface area contributed by atoms with E-state index in [1.807, 2.05) is 6.92 Å². The average Bonchev–Trinajstić information content (AvgIpc) is 3.01. The Balaban J connectivity index is 1.31. The molecule has 8 nitrogen and oxygen atoms in total. The zero-order valence-corrected chi connectivity index (χ0v) is 15.4. The van der Waals surface area contributed by atoms with Crippen LogP contribution in [0.25, 0.3) is 0 Å². The highest BCUT2D eigenvalue weighted by molar-refractivity contribution is 5.00. The van der Waals surface area contributed by atoms with E-state index in [4.69, 9.17) is 4.42 Å². The molecule has 0 unspecified atom stereocenters. The van der Waals surface area contributed by atoms with Crippen LogP contribution in [0.5, 0.6) is 0 Å². The van der Waals surface area contributed by atoms with Gasteiger partial charge in [-0.3, -0.25) is 9.80 Å². The summed E-state index contributed by atoms with van der Waals surface area (Å²) in [5.41, 5.74) is 0. The fourth-order valence-electron chi connectivity index (χ4n) is 3.64. The highest BCUT2D eigenvalue weighted by Gasteiger charge is 2.31. The van der Waals surface area contributed by atoms with Crippen LogP contribution in [0.3, 0.4) is 0 Å². The summed E-state index contributed by atoms with van der Waals surface area (Å²) in [6.07, 6.45) is 3.54. The van der Waals surface area contributed by atoms with E-state index in [9.17, 15) is 0 Å². The summed E-state index contributed by atoms with van der Waals surface area (Å²) in [4.78, 5) is 4.79. The van der Waals surface area contributed by atoms with Gasteiger partial charge in [-0.2, -0.15) is 0 Å². The smallest absolute Gasteiger partial charge is 0.230 e. The fraction of sp³-hybridized carbons (Fsp3) is 0.765. The maximum Gasteiger partial charge on any atom is 0.230 e. The summed E-state index contributed by atoms with van der Waals surface area (Å²) in [5.74, 6) is 4.15. The maximum absolute atomic E-state index is 5.79. The first-order chi connectivity index (χ1) is 12.1. The van der Waals surface area contributed by atoms with Crippen LogP contribution < -0.4 is 0 Å². The molecule has 1 saturated heterocycles. The van der Waals surface area contributed by atoms with Crippen LogP contribution in [0.15, 0.2) is 4.42 Å². The zero-order chi connectivity index (χ0) is 17.4. The van der Waals surface area contributed by atoms with Crippen LogP contribution in [-0.4, -0.2) is 60.9 Å². The molecule has 1 aliphatic carbocycles. The van der Waals surface area contributed by atoms with Gasteiger partial charge in [0.05, 0.1) is 13.1 Å². The minimum atomic E-state index is 0.521. The van der Waals surface area contributed by atoms with Gasteiger partial charge < -0.3 is 8.98 Å². The quantitative estimate of drug-likeness (QED) is 0.754. The Kier molecular flexibility index (Phi) is 4.56. The summed E-state index contributed by atoms with van der Waals surface area (Å²) in [5, 5.41) is 16.9. The van der Waals surface area contributed by atoms with Gasteiger partial charge in [-0.05, 0) is 40.2 Å². The summed E-state index contributed by atoms with van der Waals surface area (Å²) in [7, 11) is 2.18. The lowest BCUT2D eigenvalue weighted by molar-refractivity contribution is 0.209. The van der Waals surface area contributed by atoms with Crippen molar-refractivity contribution in [3.05, 3.63) is 23.4 Å². The highest BCUT2D eigenvalue weighted by atomic mass is 16.4. The third kappa shape index (κ3) is 3.59. The lowest BCUT2D eigenvalue weighted by atomic mass is 10.2. The van der Waals surface area contributed by atoms with Crippen molar-refractivity contribution in [2.75, 3.05) is 20.1 Å². The molecule has 1 saturated carbocycles. The van der Waals surface area contributed by atoms with Gasteiger partial charge in [-0.15, -0.1) is 20.4 Å². The molecule has 0 radical (unpaired) electrons. The third-order valence-corrected chi connectivity index (χ3v) is 5.36. The molecule has 2 aromatic rings. The Bertz CT molecular complexity index is 720. The molecule has 4 rings (SSSR count). The van der Waals surface area contributed by atoms with E-state index in [1.54, 1.807) is 0 Å². The van der Waals surface area contributed by atoms with Crippen LogP contribution >= 0.6 is 0 Å². The molecule has 2 fully saturated rings. The maximum atomic E-state index is 5.79. The van der Waals surface area contributed by atoms with Gasteiger partial charge in [-0.1, -0.05) is 0 Å². The fourth-order valence-corrected chi connectivity index (χ4v) is 3.64. The Morgan fingerprint density at radius 1 is 1.16 bits per heavy atom. The number of aromatic nitrogens is 5. The van der Waals surface area contributed by atoms with E-state index in [0.29, 0.717) is 12.0 Å². The molecule has 8 heteroatoms. The number of nitrogens with zero attached hydrogens (tertiary/aromatic N) is 7. The first-order valence-electron chi connectivity index (χ1n) is 9.27. The molecule has 0 aromatic carbocycles. The van der Waals surface area contributed by atoms with E-state index in [2.05, 4.69) is 48.7 Å². The Morgan fingerprint density at radius 3 is 2.76 bits per heavy atom. The molecule has 0 bridgehead atoms. The van der Waals surface area contributed by atoms with Gasteiger partial charge in [0.15, 0.2) is 0 Å². The van der Waals surface area contributed by atoms with Crippen molar-refractivity contribution < 1.29 is 4.42 Å². The van der Waals surface area contributed by atoms with Gasteiger partial charge in [-0.25, -0.2) is 0 Å². The van der Waals surface area contributed by atoms with E-state index in [1.165, 1.54) is 12.8 Å². The molecule has 2 aromatic heterocycles. The summed E-state index contributed by atoms with van der Waals surface area (Å²) in [6, 6.07) is 0.521. The van der Waals surface area contributed by atoms with Crippen LogP contribution in [-0.2, 0) is 19.6 Å². The number of rotatable bonds is 7. The molecule has 0 spiro atoms. The molecular formula is C17H27N7O. The van der Waals surface area contributed by atoms with Crippen molar-refractivity contribution in [2.24, 2.45) is 0 Å². The van der Waals surface area contributed by atoms with Crippen molar-refractivity contribution >= 4 is 0 Å². The van der Waals surface area contributed by atoms with Crippen molar-refractivity contribution in [3.63, 3.8) is 0 Å². The molecular weight excluding hydrogens is 318 g/mol. The predicted molar refractivity (Wildman–Crippen MR) is 91.9 cm³/mol. The lowest BCUT2D eigenvalue weighted by Gasteiger charge is -2.24. The Morgan fingerprint density at radius 2 is 2.00 bits per heavy atom. The average molecular weight is 345 g/mol. The molecule has 136 valence electrons. The Hall–Kier alpha value is -1.80. The Labute approximate surface area is 148 Å². The first-order valence-corrected chi connectivity index (χ1v) is 9.27. The number of likely N-dealkylation sites (N-methyl/N-ethyl adjacent to an activating group) is 1. The molecule has 3 heterocycles. The molecule has 1 aliphatic heterocycles. The van der Waals surface area contributed by atoms with E-state index >= 15 is 0 Å². The van der Waals surface area contributed by atoms with Gasteiger partial charge in [0.1, 0.15) is 11.6 Å². The SMILES string of the molecule is CCn1c(C)nnc1CN(C)[C@@H]1CCN(Cc2nnc(C3CC3)o2)C1. The number of likely N-dealkylation sites (tertiary alicyclic amines) is 1. The zero-order valence-electron chi connectivity index (χ0n) is 15.4. The second-order valence-corrected chi connectivity index (χ2v) is 7.31. The number of hydrogen-bond acceptors (Lipinski definition) is 7. The summed E-state index contributed by atoms with van der Waals surface area (Å²) >= 11 is 0. The van der Waals surface area contributed by atoms with E-state index < -0.39 is 0 Å². The van der Waals surface area contributed by atoms with E-state index in [0.717, 1.165) is 62.6 Å². The molecule has 1 atom stereocenters. The van der Waals surface area contributed by atoms with E-state index in [-0.39, 0.29) is 0 Å². The normalized spacial score (nSPS) is 21.5. The molecule has 0 amide bonds. The molecule has 25 heavy (non-hydrogen) atoms. The minimum Gasteiger partial charge on any atom is -0.424 e. The van der Waals surface area contributed by atoms with Gasteiger partial charge in [0.25, 0.3) is 0 Å². The van der Waals surface area contributed by atoms with Crippen LogP contribution in [0, 0.1) is 6.92 Å². The number of aryl methyl sites for hydroxylation is 1. The van der Waals surface area contributed by atoms with Gasteiger partial charge >= 0.3 is 0 Å². The van der Waals surface area contributed by atoms with Crippen LogP contribution in [0.4, 0.5) is 0 Å². The standard InChI is InChI=1S/C17H27N7O/c1-4-24-12(2)18-19-15(24)10-22(3)14-7-8-23(9-14)11-16-20-21-17(25-16)13-5-6-13/h13-14H,4-11H2,1-3H3/t14-/m1/s1. The van der Waals surface area contributed by atoms with Crippen LogP contribution in [0.2, 0.25) is 0 Å². The second-order valence-electron chi connectivity index (χ2n) is 7.31. The van der Waals surface area contributed by atoms with Gasteiger partial charge in [0, 0.05) is 31.6 Å². The van der Waals surface area contributed by atoms with Crippen molar-refractivity contribution in [3.8, 4) is 0 Å². The monoisotopic (exact) mass is 345 g/mol. The predicted octanol–water partition coefficient (Wildman–Crippen LogP) is 1.57. The summed E-state index contributed by atoms with van der Waals surface area (Å²) < 4.78 is 7.98. The second kappa shape index (κ2) is 6.84. The van der Waals surface area contributed by atoms with Gasteiger partial charge in [0.2, 0.25) is 11.8 Å². The lowest BCUT2D eigenvalue weighted by Crippen LogP contribution is -2.34. The summed E-state index contributed by atoms with van der Waals surface area (Å²) in [6.45, 7) is 8.74.